The molecule has 146 valence electrons. The smallest absolute Gasteiger partial charge is 0.148 e. The van der Waals surface area contributed by atoms with Crippen molar-refractivity contribution < 1.29 is 0 Å². The summed E-state index contributed by atoms with van der Waals surface area (Å²) in [5.74, 6) is 0.879. The maximum Gasteiger partial charge on any atom is 0.148 e. The van der Waals surface area contributed by atoms with E-state index < -0.39 is 0 Å². The number of hydrogen-bond acceptors (Lipinski definition) is 4. The van der Waals surface area contributed by atoms with Crippen molar-refractivity contribution in [3.05, 3.63) is 82.2 Å². The standard InChI is InChI=1S/C24H25N5/c1-3-8-21-18(6-1)11-12-19-7-2-4-9-22(19)24(21)20-13-16-29(17-14-20)15-5-10-23-25-27-28-26-23/h1-4,6-9,11-12H,5,10,13-17H2,(H,25,26,27,28). The molecular formula is C24H25N5. The number of fused-ring (bicyclic) bond motifs is 2. The molecule has 0 unspecified atom stereocenters. The Kier molecular flexibility index (Phi) is 5.05. The van der Waals surface area contributed by atoms with E-state index >= 15 is 0 Å². The number of aromatic nitrogens is 4. The molecule has 1 aliphatic heterocycles. The lowest BCUT2D eigenvalue weighted by Crippen LogP contribution is -2.32. The highest BCUT2D eigenvalue weighted by atomic mass is 15.5. The maximum absolute atomic E-state index is 3.98. The van der Waals surface area contributed by atoms with Crippen molar-refractivity contribution in [3.8, 4) is 0 Å². The van der Waals surface area contributed by atoms with Gasteiger partial charge in [0.15, 0.2) is 0 Å². The van der Waals surface area contributed by atoms with Crippen LogP contribution in [0.5, 0.6) is 0 Å². The molecule has 1 fully saturated rings. The van der Waals surface area contributed by atoms with Crippen LogP contribution in [-0.4, -0.2) is 45.2 Å². The van der Waals surface area contributed by atoms with E-state index in [1.165, 1.54) is 27.8 Å². The molecule has 29 heavy (non-hydrogen) atoms. The Morgan fingerprint density at radius 3 is 2.14 bits per heavy atom. The predicted molar refractivity (Wildman–Crippen MR) is 116 cm³/mol. The number of benzene rings is 2. The fraction of sp³-hybridized carbons (Fsp3) is 0.292. The van der Waals surface area contributed by atoms with Crippen LogP contribution in [0.4, 0.5) is 0 Å². The minimum absolute atomic E-state index is 0.879. The second-order valence-electron chi connectivity index (χ2n) is 7.78. The summed E-state index contributed by atoms with van der Waals surface area (Å²) in [6.07, 6.45) is 8.76. The van der Waals surface area contributed by atoms with Gasteiger partial charge in [0.2, 0.25) is 0 Å². The number of hydrogen-bond donors (Lipinski definition) is 1. The zero-order chi connectivity index (χ0) is 19.5. The third kappa shape index (κ3) is 3.78. The molecule has 5 nitrogen and oxygen atoms in total. The fourth-order valence-corrected chi connectivity index (χ4v) is 4.50. The first-order valence-electron chi connectivity index (χ1n) is 10.4. The molecule has 0 saturated carbocycles. The lowest BCUT2D eigenvalue weighted by Gasteiger charge is -2.30. The average Bonchev–Trinajstić information content (AvgIpc) is 3.22. The van der Waals surface area contributed by atoms with Gasteiger partial charge in [-0.15, -0.1) is 5.10 Å². The van der Waals surface area contributed by atoms with Crippen molar-refractivity contribution in [1.82, 2.24) is 25.5 Å². The molecule has 3 aromatic rings. The minimum Gasteiger partial charge on any atom is -0.303 e. The van der Waals surface area contributed by atoms with Crippen LogP contribution in [0.1, 0.15) is 47.3 Å². The molecule has 5 heteroatoms. The van der Waals surface area contributed by atoms with Gasteiger partial charge < -0.3 is 4.90 Å². The van der Waals surface area contributed by atoms with Crippen molar-refractivity contribution >= 4 is 17.7 Å². The van der Waals surface area contributed by atoms with Crippen LogP contribution in [0.2, 0.25) is 0 Å². The summed E-state index contributed by atoms with van der Waals surface area (Å²) in [5, 5.41) is 14.1. The third-order valence-electron chi connectivity index (χ3n) is 5.99. The van der Waals surface area contributed by atoms with Gasteiger partial charge in [0.05, 0.1) is 0 Å². The van der Waals surface area contributed by atoms with Gasteiger partial charge in [-0.3, -0.25) is 0 Å². The molecule has 0 radical (unpaired) electrons. The first-order valence-corrected chi connectivity index (χ1v) is 10.4. The molecule has 2 aromatic carbocycles. The van der Waals surface area contributed by atoms with E-state index in [2.05, 4.69) is 86.2 Å². The molecule has 0 atom stereocenters. The lowest BCUT2D eigenvalue weighted by atomic mass is 9.86. The van der Waals surface area contributed by atoms with Crippen LogP contribution >= 0.6 is 0 Å². The van der Waals surface area contributed by atoms with Crippen LogP contribution in [0.3, 0.4) is 0 Å². The highest BCUT2D eigenvalue weighted by Gasteiger charge is 2.22. The van der Waals surface area contributed by atoms with Crippen molar-refractivity contribution in [2.75, 3.05) is 19.6 Å². The molecule has 2 aliphatic rings. The van der Waals surface area contributed by atoms with E-state index in [9.17, 15) is 0 Å². The van der Waals surface area contributed by atoms with Gasteiger partial charge in [-0.1, -0.05) is 66.3 Å². The van der Waals surface area contributed by atoms with Gasteiger partial charge in [0, 0.05) is 19.5 Å². The number of piperidine rings is 1. The highest BCUT2D eigenvalue weighted by molar-refractivity contribution is 5.94. The van der Waals surface area contributed by atoms with Gasteiger partial charge in [0.25, 0.3) is 0 Å². The zero-order valence-electron chi connectivity index (χ0n) is 16.5. The summed E-state index contributed by atoms with van der Waals surface area (Å²) in [5.41, 5.74) is 8.41. The van der Waals surface area contributed by atoms with Crippen molar-refractivity contribution in [2.45, 2.75) is 25.7 Å². The van der Waals surface area contributed by atoms with Crippen molar-refractivity contribution in [1.29, 1.82) is 0 Å². The summed E-state index contributed by atoms with van der Waals surface area (Å²) < 4.78 is 0. The molecule has 2 heterocycles. The van der Waals surface area contributed by atoms with E-state index in [4.69, 9.17) is 0 Å². The fourth-order valence-electron chi connectivity index (χ4n) is 4.50. The maximum atomic E-state index is 3.98. The molecule has 1 saturated heterocycles. The number of tetrazole rings is 1. The second kappa shape index (κ2) is 8.13. The van der Waals surface area contributed by atoms with Gasteiger partial charge in [0.1, 0.15) is 5.82 Å². The summed E-state index contributed by atoms with van der Waals surface area (Å²) in [6, 6.07) is 17.6. The van der Waals surface area contributed by atoms with Crippen LogP contribution in [0, 0.1) is 0 Å². The zero-order valence-corrected chi connectivity index (χ0v) is 16.5. The second-order valence-corrected chi connectivity index (χ2v) is 7.78. The number of nitrogens with zero attached hydrogens (tertiary/aromatic N) is 4. The van der Waals surface area contributed by atoms with Gasteiger partial charge in [-0.2, -0.15) is 0 Å². The van der Waals surface area contributed by atoms with Gasteiger partial charge in [-0.05, 0) is 64.1 Å². The van der Waals surface area contributed by atoms with Gasteiger partial charge in [-0.25, -0.2) is 5.10 Å². The quantitative estimate of drug-likeness (QED) is 0.573. The SMILES string of the molecule is C1=Cc2ccccc2C(=C2CCN(CCCc3nnn[nH]3)CC2)c2ccccc21. The van der Waals surface area contributed by atoms with Crippen LogP contribution in [-0.2, 0) is 6.42 Å². The molecule has 1 aromatic heterocycles. The first kappa shape index (κ1) is 18.0. The average molecular weight is 383 g/mol. The van der Waals surface area contributed by atoms with Crippen molar-refractivity contribution in [3.63, 3.8) is 0 Å². The Balaban J connectivity index is 1.37. The van der Waals surface area contributed by atoms with Crippen LogP contribution < -0.4 is 0 Å². The van der Waals surface area contributed by atoms with Crippen LogP contribution in [0.15, 0.2) is 54.1 Å². The summed E-state index contributed by atoms with van der Waals surface area (Å²) >= 11 is 0. The van der Waals surface area contributed by atoms with E-state index in [0.29, 0.717) is 0 Å². The minimum atomic E-state index is 0.879. The monoisotopic (exact) mass is 383 g/mol. The van der Waals surface area contributed by atoms with E-state index in [0.717, 1.165) is 51.1 Å². The molecule has 0 amide bonds. The first-order chi connectivity index (χ1) is 14.4. The number of aromatic amines is 1. The van der Waals surface area contributed by atoms with E-state index in [1.54, 1.807) is 5.57 Å². The van der Waals surface area contributed by atoms with E-state index in [-0.39, 0.29) is 0 Å². The normalized spacial score (nSPS) is 16.4. The number of H-pyrrole nitrogens is 1. The Morgan fingerprint density at radius 2 is 1.52 bits per heavy atom. The third-order valence-corrected chi connectivity index (χ3v) is 5.99. The van der Waals surface area contributed by atoms with E-state index in [1.807, 2.05) is 0 Å². The lowest BCUT2D eigenvalue weighted by molar-refractivity contribution is 0.253. The Labute approximate surface area is 171 Å². The summed E-state index contributed by atoms with van der Waals surface area (Å²) in [7, 11) is 0. The number of aryl methyl sites for hydroxylation is 1. The number of likely N-dealkylation sites (tertiary alicyclic amines) is 1. The number of rotatable bonds is 4. The molecule has 0 spiro atoms. The molecule has 0 bridgehead atoms. The van der Waals surface area contributed by atoms with Gasteiger partial charge >= 0.3 is 0 Å². The predicted octanol–water partition coefficient (Wildman–Crippen LogP) is 4.21. The topological polar surface area (TPSA) is 57.7 Å². The summed E-state index contributed by atoms with van der Waals surface area (Å²) in [4.78, 5) is 2.57. The number of nitrogens with one attached hydrogen (secondary N) is 1. The molecule has 1 aliphatic carbocycles. The van der Waals surface area contributed by atoms with Crippen molar-refractivity contribution in [2.24, 2.45) is 0 Å². The molecule has 5 rings (SSSR count). The highest BCUT2D eigenvalue weighted by Crippen LogP contribution is 2.38. The molecular weight excluding hydrogens is 358 g/mol. The summed E-state index contributed by atoms with van der Waals surface area (Å²) in [6.45, 7) is 3.33. The van der Waals surface area contributed by atoms with Crippen LogP contribution in [0.25, 0.3) is 17.7 Å². The Bertz CT molecular complexity index is 987. The largest absolute Gasteiger partial charge is 0.303 e. The Morgan fingerprint density at radius 1 is 0.862 bits per heavy atom. The molecule has 1 N–H and O–H groups in total. The Hall–Kier alpha value is -3.05.